The predicted octanol–water partition coefficient (Wildman–Crippen LogP) is 1.76. The second-order valence-corrected chi connectivity index (χ2v) is 6.00. The maximum atomic E-state index is 6.06. The molecule has 1 aromatic heterocycles. The highest BCUT2D eigenvalue weighted by Crippen LogP contribution is 2.30. The van der Waals surface area contributed by atoms with E-state index >= 15 is 0 Å². The molecule has 0 unspecified atom stereocenters. The Bertz CT molecular complexity index is 415. The molecule has 0 atom stereocenters. The number of rotatable bonds is 2. The van der Waals surface area contributed by atoms with Crippen LogP contribution in [0.25, 0.3) is 0 Å². The number of anilines is 2. The summed E-state index contributed by atoms with van der Waals surface area (Å²) in [6.45, 7) is 10.0. The fraction of sp³-hybridized carbons (Fsp3) is 0.615. The van der Waals surface area contributed by atoms with Crippen molar-refractivity contribution in [2.75, 3.05) is 23.4 Å². The van der Waals surface area contributed by atoms with Crippen molar-refractivity contribution >= 4 is 11.6 Å². The van der Waals surface area contributed by atoms with Crippen LogP contribution in [0.1, 0.15) is 27.7 Å². The third-order valence-electron chi connectivity index (χ3n) is 2.90. The third kappa shape index (κ3) is 2.91. The van der Waals surface area contributed by atoms with Gasteiger partial charge in [0, 0.05) is 13.1 Å². The number of hydrogen-bond acceptors (Lipinski definition) is 5. The number of pyridine rings is 1. The number of morpholine rings is 1. The maximum Gasteiger partial charge on any atom is 0.142 e. The molecule has 0 radical (unpaired) electrons. The molecule has 0 saturated carbocycles. The highest BCUT2D eigenvalue weighted by atomic mass is 16.5. The van der Waals surface area contributed by atoms with Crippen LogP contribution in [0.5, 0.6) is 0 Å². The molecule has 5 nitrogen and oxygen atoms in total. The van der Waals surface area contributed by atoms with Crippen LogP contribution in [0.15, 0.2) is 18.2 Å². The molecule has 100 valence electrons. The van der Waals surface area contributed by atoms with E-state index in [1.54, 1.807) is 0 Å². The molecule has 1 saturated heterocycles. The first kappa shape index (κ1) is 13.1. The van der Waals surface area contributed by atoms with E-state index in [0.717, 1.165) is 18.9 Å². The Hall–Kier alpha value is -1.33. The van der Waals surface area contributed by atoms with Gasteiger partial charge in [-0.05, 0) is 39.8 Å². The van der Waals surface area contributed by atoms with Crippen LogP contribution < -0.4 is 16.2 Å². The van der Waals surface area contributed by atoms with E-state index in [-0.39, 0.29) is 11.2 Å². The molecular formula is C13H22N4O. The van der Waals surface area contributed by atoms with E-state index < -0.39 is 0 Å². The van der Waals surface area contributed by atoms with E-state index in [1.807, 2.05) is 18.2 Å². The standard InChI is InChI=1S/C13H22N4O/c1-12(2)8-17(9-13(3,4)18-12)11-7-5-6-10(15-11)16-14/h5-7H,8-9,14H2,1-4H3,(H,15,16). The van der Waals surface area contributed by atoms with Crippen LogP contribution in [0.2, 0.25) is 0 Å². The second-order valence-electron chi connectivity index (χ2n) is 6.00. The van der Waals surface area contributed by atoms with Crippen LogP contribution in [-0.2, 0) is 4.74 Å². The van der Waals surface area contributed by atoms with Crippen molar-refractivity contribution < 1.29 is 4.74 Å². The van der Waals surface area contributed by atoms with Gasteiger partial charge in [-0.2, -0.15) is 0 Å². The van der Waals surface area contributed by atoms with Crippen LogP contribution in [0, 0.1) is 0 Å². The summed E-state index contributed by atoms with van der Waals surface area (Å²) in [5, 5.41) is 0. The lowest BCUT2D eigenvalue weighted by Crippen LogP contribution is -2.57. The summed E-state index contributed by atoms with van der Waals surface area (Å²) >= 11 is 0. The highest BCUT2D eigenvalue weighted by Gasteiger charge is 2.38. The van der Waals surface area contributed by atoms with Gasteiger partial charge in [0.25, 0.3) is 0 Å². The van der Waals surface area contributed by atoms with Crippen molar-refractivity contribution in [1.29, 1.82) is 0 Å². The van der Waals surface area contributed by atoms with Crippen LogP contribution in [0.3, 0.4) is 0 Å². The minimum Gasteiger partial charge on any atom is -0.366 e. The van der Waals surface area contributed by atoms with Gasteiger partial charge in [-0.25, -0.2) is 10.8 Å². The van der Waals surface area contributed by atoms with Crippen molar-refractivity contribution in [3.05, 3.63) is 18.2 Å². The lowest BCUT2D eigenvalue weighted by Gasteiger charge is -2.47. The van der Waals surface area contributed by atoms with Gasteiger partial charge in [-0.1, -0.05) is 6.07 Å². The molecule has 1 aliphatic heterocycles. The molecule has 18 heavy (non-hydrogen) atoms. The molecule has 0 spiro atoms. The zero-order chi connectivity index (χ0) is 13.4. The SMILES string of the molecule is CC1(C)CN(c2cccc(NN)n2)CC(C)(C)O1. The number of hydrazine groups is 1. The average Bonchev–Trinajstić information content (AvgIpc) is 2.25. The molecule has 1 fully saturated rings. The van der Waals surface area contributed by atoms with Crippen LogP contribution in [0.4, 0.5) is 11.6 Å². The molecule has 1 aliphatic rings. The van der Waals surface area contributed by atoms with E-state index in [1.165, 1.54) is 0 Å². The van der Waals surface area contributed by atoms with Crippen molar-refractivity contribution in [3.63, 3.8) is 0 Å². The second kappa shape index (κ2) is 4.40. The number of ether oxygens (including phenoxy) is 1. The summed E-state index contributed by atoms with van der Waals surface area (Å²) in [6, 6.07) is 5.80. The number of hydrogen-bond donors (Lipinski definition) is 2. The first-order chi connectivity index (χ1) is 8.31. The summed E-state index contributed by atoms with van der Waals surface area (Å²) in [5.41, 5.74) is 2.21. The number of aromatic nitrogens is 1. The lowest BCUT2D eigenvalue weighted by molar-refractivity contribution is -0.133. The number of nitrogens with zero attached hydrogens (tertiary/aromatic N) is 2. The van der Waals surface area contributed by atoms with Crippen molar-refractivity contribution in [2.24, 2.45) is 5.84 Å². The molecule has 0 amide bonds. The normalized spacial score (nSPS) is 21.7. The summed E-state index contributed by atoms with van der Waals surface area (Å²) in [6.07, 6.45) is 0. The van der Waals surface area contributed by atoms with Gasteiger partial charge in [-0.3, -0.25) is 0 Å². The number of nitrogens with one attached hydrogen (secondary N) is 1. The average molecular weight is 250 g/mol. The minimum absolute atomic E-state index is 0.185. The van der Waals surface area contributed by atoms with Gasteiger partial charge in [0.15, 0.2) is 0 Å². The number of nitrogen functional groups attached to an aromatic ring is 1. The van der Waals surface area contributed by atoms with E-state index in [4.69, 9.17) is 10.6 Å². The van der Waals surface area contributed by atoms with Gasteiger partial charge < -0.3 is 15.1 Å². The van der Waals surface area contributed by atoms with Gasteiger partial charge >= 0.3 is 0 Å². The quantitative estimate of drug-likeness (QED) is 0.618. The fourth-order valence-electron chi connectivity index (χ4n) is 2.63. The molecule has 3 N–H and O–H groups in total. The molecular weight excluding hydrogens is 228 g/mol. The van der Waals surface area contributed by atoms with E-state index in [0.29, 0.717) is 5.82 Å². The first-order valence-electron chi connectivity index (χ1n) is 6.20. The number of nitrogens with two attached hydrogens (primary N) is 1. The Morgan fingerprint density at radius 3 is 2.39 bits per heavy atom. The Labute approximate surface area is 108 Å². The fourth-order valence-corrected chi connectivity index (χ4v) is 2.63. The summed E-state index contributed by atoms with van der Waals surface area (Å²) < 4.78 is 6.06. The Morgan fingerprint density at radius 2 is 1.83 bits per heavy atom. The van der Waals surface area contributed by atoms with Crippen LogP contribution in [-0.4, -0.2) is 29.3 Å². The van der Waals surface area contributed by atoms with E-state index in [2.05, 4.69) is 43.0 Å². The van der Waals surface area contributed by atoms with Gasteiger partial charge in [0.1, 0.15) is 11.6 Å². The topological polar surface area (TPSA) is 63.4 Å². The van der Waals surface area contributed by atoms with Crippen LogP contribution >= 0.6 is 0 Å². The Kier molecular flexibility index (Phi) is 3.21. The minimum atomic E-state index is -0.185. The summed E-state index contributed by atoms with van der Waals surface area (Å²) in [4.78, 5) is 6.72. The monoisotopic (exact) mass is 250 g/mol. The summed E-state index contributed by atoms with van der Waals surface area (Å²) in [7, 11) is 0. The lowest BCUT2D eigenvalue weighted by atomic mass is 9.99. The maximum absolute atomic E-state index is 6.06. The smallest absolute Gasteiger partial charge is 0.142 e. The first-order valence-corrected chi connectivity index (χ1v) is 6.20. The molecule has 2 rings (SSSR count). The Balaban J connectivity index is 2.26. The highest BCUT2D eigenvalue weighted by molar-refractivity contribution is 5.47. The summed E-state index contributed by atoms with van der Waals surface area (Å²) in [5.74, 6) is 7.00. The molecule has 2 heterocycles. The van der Waals surface area contributed by atoms with Crippen molar-refractivity contribution in [2.45, 2.75) is 38.9 Å². The van der Waals surface area contributed by atoms with Gasteiger partial charge in [0.2, 0.25) is 0 Å². The van der Waals surface area contributed by atoms with Gasteiger partial charge in [0.05, 0.1) is 11.2 Å². The van der Waals surface area contributed by atoms with E-state index in [9.17, 15) is 0 Å². The molecule has 0 aromatic carbocycles. The molecule has 0 aliphatic carbocycles. The molecule has 1 aromatic rings. The molecule has 0 bridgehead atoms. The van der Waals surface area contributed by atoms with Crippen molar-refractivity contribution in [3.8, 4) is 0 Å². The zero-order valence-electron chi connectivity index (χ0n) is 11.5. The Morgan fingerprint density at radius 1 is 1.22 bits per heavy atom. The third-order valence-corrected chi connectivity index (χ3v) is 2.90. The van der Waals surface area contributed by atoms with Crippen molar-refractivity contribution in [1.82, 2.24) is 4.98 Å². The molecule has 5 heteroatoms. The largest absolute Gasteiger partial charge is 0.366 e. The predicted molar refractivity (Wildman–Crippen MR) is 73.5 cm³/mol. The zero-order valence-corrected chi connectivity index (χ0v) is 11.5. The van der Waals surface area contributed by atoms with Gasteiger partial charge in [-0.15, -0.1) is 0 Å².